The quantitative estimate of drug-likeness (QED) is 0.834. The molecule has 2 rings (SSSR count). The molecule has 1 N–H and O–H groups in total. The summed E-state index contributed by atoms with van der Waals surface area (Å²) >= 11 is 0. The zero-order valence-electron chi connectivity index (χ0n) is 10.3. The van der Waals surface area contributed by atoms with Gasteiger partial charge in [-0.05, 0) is 5.56 Å². The Hall–Kier alpha value is -1.93. The maximum atomic E-state index is 12.1. The number of Topliss-reactive ketones (excluding diaryl/α,β-unsaturated/α-hetero) is 1. The van der Waals surface area contributed by atoms with E-state index in [2.05, 4.69) is 0 Å². The summed E-state index contributed by atoms with van der Waals surface area (Å²) in [5, 5.41) is 10.1. The van der Waals surface area contributed by atoms with Gasteiger partial charge in [-0.2, -0.15) is 0 Å². The van der Waals surface area contributed by atoms with Gasteiger partial charge in [0.1, 0.15) is 6.10 Å². The summed E-state index contributed by atoms with van der Waals surface area (Å²) in [4.78, 5) is 12.1. The Balaban J connectivity index is 2.17. The number of carbonyl (C=O) groups is 1. The molecular formula is C16H16O2. The predicted octanol–water partition coefficient (Wildman–Crippen LogP) is 3.03. The molecule has 0 bridgehead atoms. The highest BCUT2D eigenvalue weighted by Crippen LogP contribution is 2.21. The van der Waals surface area contributed by atoms with Crippen LogP contribution in [0.1, 0.15) is 28.8 Å². The molecule has 92 valence electrons. The Bertz CT molecular complexity index is 505. The Morgan fingerprint density at radius 2 is 1.44 bits per heavy atom. The average Bonchev–Trinajstić information content (AvgIpc) is 2.47. The molecule has 0 aliphatic rings. The van der Waals surface area contributed by atoms with Gasteiger partial charge in [0.15, 0.2) is 5.78 Å². The van der Waals surface area contributed by atoms with Crippen LogP contribution in [0.3, 0.4) is 0 Å². The molecule has 0 aliphatic heterocycles. The van der Waals surface area contributed by atoms with E-state index in [-0.39, 0.29) is 11.7 Å². The third kappa shape index (κ3) is 2.66. The lowest BCUT2D eigenvalue weighted by Gasteiger charge is -2.18. The van der Waals surface area contributed by atoms with E-state index in [1.54, 1.807) is 24.3 Å². The Kier molecular flexibility index (Phi) is 3.90. The highest BCUT2D eigenvalue weighted by Gasteiger charge is 2.24. The zero-order chi connectivity index (χ0) is 13.0. The molecule has 0 saturated carbocycles. The second kappa shape index (κ2) is 5.61. The molecule has 0 aromatic heterocycles. The molecule has 2 atom stereocenters. The molecule has 2 heteroatoms. The van der Waals surface area contributed by atoms with Gasteiger partial charge in [-0.1, -0.05) is 67.6 Å². The zero-order valence-corrected chi connectivity index (χ0v) is 10.3. The monoisotopic (exact) mass is 240 g/mol. The number of rotatable bonds is 4. The van der Waals surface area contributed by atoms with Crippen molar-refractivity contribution in [1.29, 1.82) is 0 Å². The SMILES string of the molecule is C[C@@H](c1ccccc1)[C@H](O)C(=O)c1ccccc1. The Labute approximate surface area is 107 Å². The topological polar surface area (TPSA) is 37.3 Å². The van der Waals surface area contributed by atoms with Crippen molar-refractivity contribution in [2.45, 2.75) is 18.9 Å². The molecule has 0 fully saturated rings. The molecule has 0 heterocycles. The number of aliphatic hydroxyl groups is 1. The number of hydrogen-bond donors (Lipinski definition) is 1. The van der Waals surface area contributed by atoms with Crippen molar-refractivity contribution < 1.29 is 9.90 Å². The summed E-state index contributed by atoms with van der Waals surface area (Å²) in [6, 6.07) is 18.5. The molecule has 0 unspecified atom stereocenters. The lowest BCUT2D eigenvalue weighted by molar-refractivity contribution is 0.0701. The van der Waals surface area contributed by atoms with E-state index in [1.165, 1.54) is 0 Å². The molecule has 18 heavy (non-hydrogen) atoms. The molecule has 0 saturated heterocycles. The number of carbonyl (C=O) groups excluding carboxylic acids is 1. The van der Waals surface area contributed by atoms with Crippen LogP contribution in [0.4, 0.5) is 0 Å². The molecule has 2 nitrogen and oxygen atoms in total. The van der Waals surface area contributed by atoms with Crippen LogP contribution in [-0.2, 0) is 0 Å². The first-order chi connectivity index (χ1) is 8.70. The molecule has 0 aliphatic carbocycles. The van der Waals surface area contributed by atoms with Gasteiger partial charge in [-0.25, -0.2) is 0 Å². The number of benzene rings is 2. The number of aliphatic hydroxyl groups excluding tert-OH is 1. The first-order valence-electron chi connectivity index (χ1n) is 6.02. The first kappa shape index (κ1) is 12.5. The summed E-state index contributed by atoms with van der Waals surface area (Å²) in [7, 11) is 0. The maximum Gasteiger partial charge on any atom is 0.191 e. The summed E-state index contributed by atoms with van der Waals surface area (Å²) < 4.78 is 0. The van der Waals surface area contributed by atoms with Gasteiger partial charge in [0.2, 0.25) is 0 Å². The minimum Gasteiger partial charge on any atom is -0.384 e. The van der Waals surface area contributed by atoms with Crippen LogP contribution in [0.2, 0.25) is 0 Å². The molecule has 2 aromatic rings. The smallest absolute Gasteiger partial charge is 0.191 e. The van der Waals surface area contributed by atoms with Gasteiger partial charge in [-0.3, -0.25) is 4.79 Å². The standard InChI is InChI=1S/C16H16O2/c1-12(13-8-4-2-5-9-13)15(17)16(18)14-10-6-3-7-11-14/h2-12,15,17H,1H3/t12-,15-/m0/s1. The van der Waals surface area contributed by atoms with Gasteiger partial charge >= 0.3 is 0 Å². The first-order valence-corrected chi connectivity index (χ1v) is 6.02. The van der Waals surface area contributed by atoms with Crippen molar-refractivity contribution >= 4 is 5.78 Å². The fraction of sp³-hybridized carbons (Fsp3) is 0.188. The van der Waals surface area contributed by atoms with Crippen molar-refractivity contribution in [3.63, 3.8) is 0 Å². The second-order valence-electron chi connectivity index (χ2n) is 4.37. The van der Waals surface area contributed by atoms with Crippen molar-refractivity contribution in [2.24, 2.45) is 0 Å². The minimum absolute atomic E-state index is 0.209. The Morgan fingerprint density at radius 1 is 0.944 bits per heavy atom. The Morgan fingerprint density at radius 3 is 2.00 bits per heavy atom. The summed E-state index contributed by atoms with van der Waals surface area (Å²) in [5.41, 5.74) is 1.52. The van der Waals surface area contributed by atoms with E-state index >= 15 is 0 Å². The lowest BCUT2D eigenvalue weighted by Crippen LogP contribution is -2.26. The van der Waals surface area contributed by atoms with Crippen molar-refractivity contribution in [2.75, 3.05) is 0 Å². The molecule has 0 radical (unpaired) electrons. The van der Waals surface area contributed by atoms with Crippen molar-refractivity contribution in [3.05, 3.63) is 71.8 Å². The highest BCUT2D eigenvalue weighted by atomic mass is 16.3. The second-order valence-corrected chi connectivity index (χ2v) is 4.37. The van der Waals surface area contributed by atoms with Crippen LogP contribution >= 0.6 is 0 Å². The van der Waals surface area contributed by atoms with E-state index in [0.717, 1.165) is 5.56 Å². The van der Waals surface area contributed by atoms with Gasteiger partial charge in [0.05, 0.1) is 0 Å². The lowest BCUT2D eigenvalue weighted by atomic mass is 9.90. The fourth-order valence-corrected chi connectivity index (χ4v) is 1.94. The molecule has 0 amide bonds. The van der Waals surface area contributed by atoms with E-state index in [9.17, 15) is 9.90 Å². The maximum absolute atomic E-state index is 12.1. The van der Waals surface area contributed by atoms with Crippen LogP contribution in [0.5, 0.6) is 0 Å². The van der Waals surface area contributed by atoms with E-state index in [4.69, 9.17) is 0 Å². The van der Waals surface area contributed by atoms with Gasteiger partial charge in [0.25, 0.3) is 0 Å². The molecule has 0 spiro atoms. The average molecular weight is 240 g/mol. The van der Waals surface area contributed by atoms with Gasteiger partial charge in [0, 0.05) is 11.5 Å². The van der Waals surface area contributed by atoms with Crippen LogP contribution in [-0.4, -0.2) is 17.0 Å². The predicted molar refractivity (Wildman–Crippen MR) is 71.6 cm³/mol. The fourth-order valence-electron chi connectivity index (χ4n) is 1.94. The third-order valence-corrected chi connectivity index (χ3v) is 3.13. The largest absolute Gasteiger partial charge is 0.384 e. The van der Waals surface area contributed by atoms with E-state index in [1.807, 2.05) is 43.3 Å². The van der Waals surface area contributed by atoms with Gasteiger partial charge < -0.3 is 5.11 Å². The van der Waals surface area contributed by atoms with Crippen molar-refractivity contribution in [1.82, 2.24) is 0 Å². The minimum atomic E-state index is -1.00. The van der Waals surface area contributed by atoms with Crippen molar-refractivity contribution in [3.8, 4) is 0 Å². The summed E-state index contributed by atoms with van der Waals surface area (Å²) in [5.74, 6) is -0.439. The summed E-state index contributed by atoms with van der Waals surface area (Å²) in [6.07, 6.45) is -1.00. The normalized spacial score (nSPS) is 13.9. The number of ketones is 1. The van der Waals surface area contributed by atoms with E-state index < -0.39 is 6.10 Å². The van der Waals surface area contributed by atoms with E-state index in [0.29, 0.717) is 5.56 Å². The van der Waals surface area contributed by atoms with Crippen LogP contribution in [0, 0.1) is 0 Å². The highest BCUT2D eigenvalue weighted by molar-refractivity contribution is 5.99. The third-order valence-electron chi connectivity index (χ3n) is 3.13. The number of hydrogen-bond acceptors (Lipinski definition) is 2. The van der Waals surface area contributed by atoms with Crippen LogP contribution in [0.25, 0.3) is 0 Å². The van der Waals surface area contributed by atoms with Crippen LogP contribution in [0.15, 0.2) is 60.7 Å². The molecule has 2 aromatic carbocycles. The molecular weight excluding hydrogens is 224 g/mol. The van der Waals surface area contributed by atoms with Gasteiger partial charge in [-0.15, -0.1) is 0 Å². The van der Waals surface area contributed by atoms with Crippen LogP contribution < -0.4 is 0 Å². The summed E-state index contributed by atoms with van der Waals surface area (Å²) in [6.45, 7) is 1.86.